The van der Waals surface area contributed by atoms with Gasteiger partial charge in [0.15, 0.2) is 0 Å². The SMILES string of the molecule is Cc1ccc(OCCCC[NH+]2CCc3ccccc3C2)cc1. The maximum Gasteiger partial charge on any atom is 0.119 e. The summed E-state index contributed by atoms with van der Waals surface area (Å²) < 4.78 is 5.80. The summed E-state index contributed by atoms with van der Waals surface area (Å²) >= 11 is 0. The van der Waals surface area contributed by atoms with Crippen molar-refractivity contribution in [3.8, 4) is 5.75 Å². The molecule has 2 heteroatoms. The average molecular weight is 296 g/mol. The predicted molar refractivity (Wildman–Crippen MR) is 90.5 cm³/mol. The van der Waals surface area contributed by atoms with Crippen LogP contribution in [-0.4, -0.2) is 19.7 Å². The van der Waals surface area contributed by atoms with Crippen molar-refractivity contribution in [1.82, 2.24) is 0 Å². The van der Waals surface area contributed by atoms with Crippen LogP contribution < -0.4 is 9.64 Å². The first-order valence-corrected chi connectivity index (χ1v) is 8.41. The number of fused-ring (bicyclic) bond motifs is 1. The monoisotopic (exact) mass is 296 g/mol. The Morgan fingerprint density at radius 2 is 1.73 bits per heavy atom. The summed E-state index contributed by atoms with van der Waals surface area (Å²) in [5.74, 6) is 0.991. The molecule has 2 aromatic carbocycles. The molecule has 116 valence electrons. The lowest BCUT2D eigenvalue weighted by Gasteiger charge is -2.25. The Bertz CT molecular complexity index is 591. The first kappa shape index (κ1) is 15.1. The van der Waals surface area contributed by atoms with E-state index < -0.39 is 0 Å². The van der Waals surface area contributed by atoms with Crippen LogP contribution in [0.5, 0.6) is 5.75 Å². The van der Waals surface area contributed by atoms with E-state index in [4.69, 9.17) is 4.74 Å². The van der Waals surface area contributed by atoms with Crippen molar-refractivity contribution >= 4 is 0 Å². The maximum atomic E-state index is 5.80. The van der Waals surface area contributed by atoms with Gasteiger partial charge in [-0.2, -0.15) is 0 Å². The van der Waals surface area contributed by atoms with Crippen molar-refractivity contribution in [2.75, 3.05) is 19.7 Å². The molecule has 0 saturated carbocycles. The molecule has 2 nitrogen and oxygen atoms in total. The summed E-state index contributed by atoms with van der Waals surface area (Å²) in [6.07, 6.45) is 3.60. The molecule has 1 heterocycles. The molecule has 1 atom stereocenters. The minimum absolute atomic E-state index is 0.826. The van der Waals surface area contributed by atoms with E-state index in [1.165, 1.54) is 38.0 Å². The third-order valence-electron chi connectivity index (χ3n) is 4.52. The van der Waals surface area contributed by atoms with Gasteiger partial charge in [0.1, 0.15) is 12.3 Å². The normalized spacial score (nSPS) is 17.0. The first-order chi connectivity index (χ1) is 10.8. The zero-order valence-corrected chi connectivity index (χ0v) is 13.5. The third-order valence-corrected chi connectivity index (χ3v) is 4.52. The molecule has 22 heavy (non-hydrogen) atoms. The highest BCUT2D eigenvalue weighted by Crippen LogP contribution is 2.12. The molecular weight excluding hydrogens is 270 g/mol. The van der Waals surface area contributed by atoms with Crippen molar-refractivity contribution in [2.45, 2.75) is 32.7 Å². The fourth-order valence-corrected chi connectivity index (χ4v) is 3.16. The summed E-state index contributed by atoms with van der Waals surface area (Å²) in [4.78, 5) is 1.72. The molecule has 1 N–H and O–H groups in total. The van der Waals surface area contributed by atoms with Crippen molar-refractivity contribution < 1.29 is 9.64 Å². The Balaban J connectivity index is 1.35. The van der Waals surface area contributed by atoms with Gasteiger partial charge in [-0.15, -0.1) is 0 Å². The Morgan fingerprint density at radius 3 is 2.55 bits per heavy atom. The highest BCUT2D eigenvalue weighted by atomic mass is 16.5. The largest absolute Gasteiger partial charge is 0.494 e. The Hall–Kier alpha value is -1.80. The zero-order valence-electron chi connectivity index (χ0n) is 13.5. The number of hydrogen-bond acceptors (Lipinski definition) is 1. The van der Waals surface area contributed by atoms with Crippen LogP contribution >= 0.6 is 0 Å². The molecule has 0 aliphatic carbocycles. The summed E-state index contributed by atoms with van der Waals surface area (Å²) in [7, 11) is 0. The summed E-state index contributed by atoms with van der Waals surface area (Å²) in [5, 5.41) is 0. The van der Waals surface area contributed by atoms with E-state index in [1.807, 2.05) is 0 Å². The number of quaternary nitrogens is 1. The van der Waals surface area contributed by atoms with Crippen molar-refractivity contribution in [3.63, 3.8) is 0 Å². The van der Waals surface area contributed by atoms with E-state index in [9.17, 15) is 0 Å². The van der Waals surface area contributed by atoms with Gasteiger partial charge in [0.05, 0.1) is 19.7 Å². The standard InChI is InChI=1S/C20H25NO/c1-17-8-10-20(11-9-17)22-15-5-4-13-21-14-12-18-6-2-3-7-19(18)16-21/h2-3,6-11H,4-5,12-16H2,1H3/p+1. The minimum atomic E-state index is 0.826. The molecule has 0 fully saturated rings. The molecular formula is C20H26NO+. The van der Waals surface area contributed by atoms with E-state index in [1.54, 1.807) is 16.0 Å². The molecule has 1 unspecified atom stereocenters. The Kier molecular flexibility index (Phi) is 5.12. The van der Waals surface area contributed by atoms with Crippen LogP contribution in [0.4, 0.5) is 0 Å². The Labute approximate surface area is 133 Å². The first-order valence-electron chi connectivity index (χ1n) is 8.41. The van der Waals surface area contributed by atoms with E-state index in [2.05, 4.69) is 55.5 Å². The number of nitrogens with one attached hydrogen (secondary N) is 1. The van der Waals surface area contributed by atoms with Crippen molar-refractivity contribution in [2.24, 2.45) is 0 Å². The highest BCUT2D eigenvalue weighted by Gasteiger charge is 2.17. The minimum Gasteiger partial charge on any atom is -0.494 e. The zero-order chi connectivity index (χ0) is 15.2. The molecule has 3 rings (SSSR count). The summed E-state index contributed by atoms with van der Waals surface area (Å²) in [6.45, 7) is 6.65. The number of benzene rings is 2. The van der Waals surface area contributed by atoms with Crippen LogP contribution in [0.25, 0.3) is 0 Å². The second-order valence-corrected chi connectivity index (χ2v) is 6.31. The van der Waals surface area contributed by atoms with E-state index in [0.29, 0.717) is 0 Å². The number of aryl methyl sites for hydroxylation is 1. The quantitative estimate of drug-likeness (QED) is 0.809. The van der Waals surface area contributed by atoms with Gasteiger partial charge in [0.25, 0.3) is 0 Å². The average Bonchev–Trinajstić information content (AvgIpc) is 2.56. The molecule has 0 aromatic heterocycles. The van der Waals surface area contributed by atoms with Gasteiger partial charge in [-0.05, 0) is 37.5 Å². The smallest absolute Gasteiger partial charge is 0.119 e. The molecule has 0 saturated heterocycles. The van der Waals surface area contributed by atoms with E-state index >= 15 is 0 Å². The molecule has 0 radical (unpaired) electrons. The van der Waals surface area contributed by atoms with Crippen LogP contribution in [0.2, 0.25) is 0 Å². The van der Waals surface area contributed by atoms with Gasteiger partial charge in [0.2, 0.25) is 0 Å². The lowest BCUT2D eigenvalue weighted by Crippen LogP contribution is -3.11. The van der Waals surface area contributed by atoms with Gasteiger partial charge >= 0.3 is 0 Å². The number of rotatable bonds is 6. The van der Waals surface area contributed by atoms with E-state index in [0.717, 1.165) is 18.8 Å². The summed E-state index contributed by atoms with van der Waals surface area (Å²) in [6, 6.07) is 17.2. The fourth-order valence-electron chi connectivity index (χ4n) is 3.16. The van der Waals surface area contributed by atoms with Gasteiger partial charge in [0, 0.05) is 12.0 Å². The van der Waals surface area contributed by atoms with Crippen LogP contribution in [0.1, 0.15) is 29.5 Å². The lowest BCUT2D eigenvalue weighted by molar-refractivity contribution is -0.916. The van der Waals surface area contributed by atoms with Crippen LogP contribution in [0.15, 0.2) is 48.5 Å². The third kappa shape index (κ3) is 4.11. The van der Waals surface area contributed by atoms with Gasteiger partial charge in [-0.3, -0.25) is 0 Å². The fraction of sp³-hybridized carbons (Fsp3) is 0.400. The predicted octanol–water partition coefficient (Wildman–Crippen LogP) is 2.80. The molecule has 0 amide bonds. The van der Waals surface area contributed by atoms with Crippen LogP contribution in [-0.2, 0) is 13.0 Å². The van der Waals surface area contributed by atoms with Gasteiger partial charge < -0.3 is 9.64 Å². The highest BCUT2D eigenvalue weighted by molar-refractivity contribution is 5.27. The van der Waals surface area contributed by atoms with Crippen LogP contribution in [0, 0.1) is 6.92 Å². The second-order valence-electron chi connectivity index (χ2n) is 6.31. The van der Waals surface area contributed by atoms with Gasteiger partial charge in [-0.25, -0.2) is 0 Å². The topological polar surface area (TPSA) is 13.7 Å². The van der Waals surface area contributed by atoms with Gasteiger partial charge in [-0.1, -0.05) is 42.0 Å². The summed E-state index contributed by atoms with van der Waals surface area (Å²) in [5.41, 5.74) is 4.37. The van der Waals surface area contributed by atoms with E-state index in [-0.39, 0.29) is 0 Å². The lowest BCUT2D eigenvalue weighted by atomic mass is 10.00. The molecule has 2 aromatic rings. The molecule has 0 bridgehead atoms. The Morgan fingerprint density at radius 1 is 0.955 bits per heavy atom. The number of hydrogen-bond donors (Lipinski definition) is 1. The number of ether oxygens (including phenoxy) is 1. The molecule has 0 spiro atoms. The van der Waals surface area contributed by atoms with Crippen molar-refractivity contribution in [3.05, 3.63) is 65.2 Å². The van der Waals surface area contributed by atoms with Crippen molar-refractivity contribution in [1.29, 1.82) is 0 Å². The second kappa shape index (κ2) is 7.46. The van der Waals surface area contributed by atoms with Crippen LogP contribution in [0.3, 0.4) is 0 Å². The number of unbranched alkanes of at least 4 members (excludes halogenated alkanes) is 1. The maximum absolute atomic E-state index is 5.80. The molecule has 1 aliphatic rings. The molecule has 1 aliphatic heterocycles.